The zero-order chi connectivity index (χ0) is 65.1. The zero-order valence-corrected chi connectivity index (χ0v) is 49.7. The molecule has 4 fully saturated rings. The normalized spacial score (nSPS) is 19.8. The van der Waals surface area contributed by atoms with E-state index >= 15 is 8.78 Å². The van der Waals surface area contributed by atoms with E-state index in [0.29, 0.717) is 56.0 Å². The van der Waals surface area contributed by atoms with Crippen LogP contribution in [0.25, 0.3) is 44.9 Å². The minimum atomic E-state index is -1.21. The molecule has 0 bridgehead atoms. The summed E-state index contributed by atoms with van der Waals surface area (Å²) in [5, 5.41) is 3.48. The molecule has 28 heteroatoms. The number of carbonyl (C=O) groups is 6. The first-order valence-corrected chi connectivity index (χ1v) is 29.9. The van der Waals surface area contributed by atoms with Crippen LogP contribution in [0.2, 0.25) is 0 Å². The van der Waals surface area contributed by atoms with Gasteiger partial charge in [0.1, 0.15) is 36.1 Å². The van der Waals surface area contributed by atoms with Crippen LogP contribution in [-0.4, -0.2) is 155 Å². The maximum atomic E-state index is 15.9. The Labute approximate surface area is 528 Å². The van der Waals surface area contributed by atoms with Crippen LogP contribution in [0.1, 0.15) is 69.2 Å². The summed E-state index contributed by atoms with van der Waals surface area (Å²) >= 11 is 0. The van der Waals surface area contributed by atoms with E-state index in [4.69, 9.17) is 37.3 Å². The predicted molar refractivity (Wildman–Crippen MR) is 318 cm³/mol. The second kappa shape index (κ2) is 23.0. The minimum absolute atomic E-state index is 0.0159. The van der Waals surface area contributed by atoms with Gasteiger partial charge in [-0.2, -0.15) is 0 Å². The number of aromatic nitrogens is 2. The standard InChI is InChI=1S/2C33H26F2N4O8/c2*1-17(40)36-14-18(15-36)46-33(43)47-31-24(41)8-10-38-29(31)32(42)37-11-13-44-16-25(37)39(38)28-19-4-2-3-5-20(19)30-22(9-12-45-30)26-21(28)6-7-23(34)27(26)35/h2*2-10,12,18,25,28H,11,13-16H2,1H3/t25-,28-;/m1./s1. The molecule has 4 atom stereocenters. The molecule has 4 saturated heterocycles. The van der Waals surface area contributed by atoms with E-state index in [2.05, 4.69) is 0 Å². The molecule has 4 aromatic carbocycles. The van der Waals surface area contributed by atoms with E-state index < -0.39 is 106 Å². The maximum absolute atomic E-state index is 15.9. The number of amides is 4. The first-order valence-electron chi connectivity index (χ1n) is 29.9. The van der Waals surface area contributed by atoms with Crippen molar-refractivity contribution in [1.29, 1.82) is 0 Å². The fraction of sp³-hybridized carbons (Fsp3) is 0.273. The number of ether oxygens (including phenoxy) is 6. The lowest BCUT2D eigenvalue weighted by molar-refractivity contribution is -0.140. The molecule has 0 saturated carbocycles. The number of fused-ring (bicyclic) bond motifs is 14. The molecule has 0 spiro atoms. The lowest BCUT2D eigenvalue weighted by Crippen LogP contribution is -2.66. The van der Waals surface area contributed by atoms with Crippen molar-refractivity contribution in [2.24, 2.45) is 0 Å². The summed E-state index contributed by atoms with van der Waals surface area (Å²) in [6, 6.07) is 23.2. The second-order valence-electron chi connectivity index (χ2n) is 23.3. The van der Waals surface area contributed by atoms with Crippen LogP contribution in [-0.2, 0) is 28.5 Å². The fourth-order valence-electron chi connectivity index (χ4n) is 13.6. The molecule has 0 N–H and O–H groups in total. The van der Waals surface area contributed by atoms with E-state index in [9.17, 15) is 47.1 Å². The van der Waals surface area contributed by atoms with Crippen molar-refractivity contribution in [2.45, 2.75) is 50.5 Å². The number of hydrogen-bond donors (Lipinski definition) is 0. The van der Waals surface area contributed by atoms with Gasteiger partial charge in [-0.25, -0.2) is 27.2 Å². The lowest BCUT2D eigenvalue weighted by Gasteiger charge is -2.51. The number of morpholine rings is 2. The van der Waals surface area contributed by atoms with Gasteiger partial charge < -0.3 is 56.9 Å². The highest BCUT2D eigenvalue weighted by molar-refractivity contribution is 5.99. The van der Waals surface area contributed by atoms with Gasteiger partial charge in [-0.15, -0.1) is 0 Å². The van der Waals surface area contributed by atoms with Gasteiger partial charge in [-0.05, 0) is 46.5 Å². The average Bonchev–Trinajstić information content (AvgIpc) is 1.29. The Morgan fingerprint density at radius 2 is 0.894 bits per heavy atom. The van der Waals surface area contributed by atoms with Crippen molar-refractivity contribution < 1.29 is 83.6 Å². The number of halogens is 4. The summed E-state index contributed by atoms with van der Waals surface area (Å²) < 4.78 is 109. The number of carbonyl (C=O) groups excluding carboxylic acids is 6. The molecule has 4 amide bonds. The summed E-state index contributed by atoms with van der Waals surface area (Å²) in [4.78, 5) is 110. The van der Waals surface area contributed by atoms with Crippen molar-refractivity contribution in [3.8, 4) is 56.4 Å². The van der Waals surface area contributed by atoms with E-state index in [1.165, 1.54) is 79.9 Å². The molecule has 0 radical (unpaired) electrons. The third-order valence-corrected chi connectivity index (χ3v) is 18.0. The number of nitrogens with zero attached hydrogens (tertiary/aromatic N) is 8. The van der Waals surface area contributed by atoms with E-state index in [0.717, 1.165) is 24.3 Å². The molecule has 8 aromatic rings. The highest BCUT2D eigenvalue weighted by atomic mass is 19.2. The molecular weight excluding hydrogens is 1240 g/mol. The largest absolute Gasteiger partial charge is 0.514 e. The average molecular weight is 1290 g/mol. The van der Waals surface area contributed by atoms with Crippen LogP contribution in [0.15, 0.2) is 140 Å². The first-order chi connectivity index (χ1) is 45.4. The van der Waals surface area contributed by atoms with Gasteiger partial charge in [0.25, 0.3) is 11.8 Å². The summed E-state index contributed by atoms with van der Waals surface area (Å²) in [7, 11) is 0. The summed E-state index contributed by atoms with van der Waals surface area (Å²) in [6.45, 7) is 4.25. The van der Waals surface area contributed by atoms with Gasteiger partial charge in [0.05, 0.1) is 77.2 Å². The highest BCUT2D eigenvalue weighted by Crippen LogP contribution is 2.52. The summed E-state index contributed by atoms with van der Waals surface area (Å²) in [5.41, 5.74) is 1.88. The van der Waals surface area contributed by atoms with Crippen LogP contribution in [0, 0.1) is 23.3 Å². The molecule has 4 aromatic heterocycles. The van der Waals surface area contributed by atoms with Crippen LogP contribution in [0.5, 0.6) is 11.5 Å². The molecule has 94 heavy (non-hydrogen) atoms. The highest BCUT2D eigenvalue weighted by Gasteiger charge is 2.50. The van der Waals surface area contributed by atoms with Crippen LogP contribution in [0.4, 0.5) is 27.2 Å². The smallest absolute Gasteiger partial charge is 0.464 e. The van der Waals surface area contributed by atoms with E-state index in [1.54, 1.807) is 58.5 Å². The Kier molecular flexibility index (Phi) is 14.5. The Balaban J connectivity index is 0.000000155. The number of benzene rings is 4. The quantitative estimate of drug-likeness (QED) is 0.117. The van der Waals surface area contributed by atoms with Gasteiger partial charge in [0, 0.05) is 84.8 Å². The van der Waals surface area contributed by atoms with Gasteiger partial charge in [-0.1, -0.05) is 60.7 Å². The Morgan fingerprint density at radius 3 is 1.30 bits per heavy atom. The summed E-state index contributed by atoms with van der Waals surface area (Å²) in [5.74, 6) is -6.21. The maximum Gasteiger partial charge on any atom is 0.514 e. The van der Waals surface area contributed by atoms with Crippen LogP contribution >= 0.6 is 0 Å². The van der Waals surface area contributed by atoms with Crippen molar-refractivity contribution in [1.82, 2.24) is 29.0 Å². The third kappa shape index (κ3) is 9.55. The van der Waals surface area contributed by atoms with E-state index in [1.807, 2.05) is 12.1 Å². The van der Waals surface area contributed by atoms with Gasteiger partial charge in [-0.3, -0.25) is 48.1 Å². The Hall–Kier alpha value is -11.0. The molecule has 2 aliphatic carbocycles. The van der Waals surface area contributed by atoms with Crippen molar-refractivity contribution in [3.63, 3.8) is 0 Å². The third-order valence-electron chi connectivity index (χ3n) is 18.0. The Morgan fingerprint density at radius 1 is 0.489 bits per heavy atom. The van der Waals surface area contributed by atoms with Gasteiger partial charge in [0.15, 0.2) is 34.7 Å². The van der Waals surface area contributed by atoms with Gasteiger partial charge >= 0.3 is 12.3 Å². The van der Waals surface area contributed by atoms with Crippen molar-refractivity contribution in [2.75, 3.05) is 75.7 Å². The van der Waals surface area contributed by atoms with Crippen LogP contribution in [0.3, 0.4) is 0 Å². The summed E-state index contributed by atoms with van der Waals surface area (Å²) in [6.07, 6.45) is 0.339. The first kappa shape index (κ1) is 59.3. The Bertz CT molecular complexity index is 4360. The number of hydrogen-bond acceptors (Lipinski definition) is 18. The number of pyridine rings is 2. The molecule has 24 nitrogen and oxygen atoms in total. The molecule has 16 rings (SSSR count). The van der Waals surface area contributed by atoms with Gasteiger partial charge in [0.2, 0.25) is 34.2 Å². The second-order valence-corrected chi connectivity index (χ2v) is 23.3. The molecule has 2 unspecified atom stereocenters. The van der Waals surface area contributed by atoms with Crippen molar-refractivity contribution >= 4 is 35.9 Å². The van der Waals surface area contributed by atoms with E-state index in [-0.39, 0.29) is 100 Å². The molecular formula is C66H52F4N8O16. The predicted octanol–water partition coefficient (Wildman–Crippen LogP) is 7.31. The monoisotopic (exact) mass is 1290 g/mol. The minimum Gasteiger partial charge on any atom is -0.464 e. The number of likely N-dealkylation sites (tertiary alicyclic amines) is 2. The lowest BCUT2D eigenvalue weighted by atomic mass is 9.92. The molecule has 8 aliphatic rings. The number of furan rings is 2. The van der Waals surface area contributed by atoms with Crippen molar-refractivity contribution in [3.05, 3.63) is 199 Å². The fourth-order valence-corrected chi connectivity index (χ4v) is 13.6. The SMILES string of the molecule is CC(=O)N1CC(OC(=O)Oc2c3n(ccc2=O)N(C2c4ccccc4-c4occc4-c4c2ccc(F)c4F)C2COCCN2C3=O)C1.CC(=O)N1CC(OC(=O)Oc2c3n(ccc2=O)N([C@@H]2c4ccccc4-c4occc4-c4c2ccc(F)c4F)[C@@H]2COCCN2C3=O)C1. The zero-order valence-electron chi connectivity index (χ0n) is 49.7. The topological polar surface area (TPSA) is 248 Å². The van der Waals surface area contributed by atoms with Crippen LogP contribution < -0.4 is 30.3 Å². The number of rotatable bonds is 6. The molecule has 6 aliphatic heterocycles. The molecule has 10 heterocycles. The molecule has 480 valence electrons.